The number of unbranched alkanes of at least 4 members (excludes halogenated alkanes) is 2. The maximum Gasteiger partial charge on any atom is 0.190 e. The van der Waals surface area contributed by atoms with E-state index in [2.05, 4.69) is 26.8 Å². The molecule has 2 unspecified atom stereocenters. The van der Waals surface area contributed by atoms with E-state index < -0.39 is 11.0 Å². The Labute approximate surface area is 181 Å². The van der Waals surface area contributed by atoms with Crippen molar-refractivity contribution in [1.82, 2.24) is 0 Å². The lowest BCUT2D eigenvalue weighted by molar-refractivity contribution is -0.157. The van der Waals surface area contributed by atoms with Gasteiger partial charge in [0.05, 0.1) is 0 Å². The van der Waals surface area contributed by atoms with E-state index in [0.29, 0.717) is 31.3 Å². The third kappa shape index (κ3) is 3.26. The van der Waals surface area contributed by atoms with Crippen molar-refractivity contribution in [1.29, 1.82) is 0 Å². The maximum absolute atomic E-state index is 13.1. The zero-order chi connectivity index (χ0) is 21.6. The Hall–Kier alpha value is -1.26. The van der Waals surface area contributed by atoms with Crippen LogP contribution >= 0.6 is 0 Å². The van der Waals surface area contributed by atoms with Gasteiger partial charge >= 0.3 is 0 Å². The number of ether oxygens (including phenoxy) is 1. The molecule has 0 heterocycles. The highest BCUT2D eigenvalue weighted by Gasteiger charge is 2.64. The normalized spacial score (nSPS) is 40.2. The summed E-state index contributed by atoms with van der Waals surface area (Å²) in [4.78, 5) is 25.1. The lowest BCUT2D eigenvalue weighted by atomic mass is 9.50. The Morgan fingerprint density at radius 1 is 1.20 bits per heavy atom. The van der Waals surface area contributed by atoms with Gasteiger partial charge in [0.1, 0.15) is 12.2 Å². The number of carbonyl (C=O) groups excluding carboxylic acids is 2. The van der Waals surface area contributed by atoms with Gasteiger partial charge in [0.15, 0.2) is 11.6 Å². The van der Waals surface area contributed by atoms with Gasteiger partial charge in [0.2, 0.25) is 0 Å². The van der Waals surface area contributed by atoms with Crippen molar-refractivity contribution in [3.8, 4) is 0 Å². The van der Waals surface area contributed by atoms with Crippen LogP contribution in [0.5, 0.6) is 0 Å². The fourth-order valence-corrected chi connectivity index (χ4v) is 7.07. The summed E-state index contributed by atoms with van der Waals surface area (Å²) >= 11 is 0. The number of hydrogen-bond acceptors (Lipinski definition) is 4. The molecule has 4 rings (SSSR count). The Kier molecular flexibility index (Phi) is 5.87. The summed E-state index contributed by atoms with van der Waals surface area (Å²) in [6.07, 6.45) is 13.1. The molecule has 0 spiro atoms. The summed E-state index contributed by atoms with van der Waals surface area (Å²) in [5.74, 6) is 0.864. The van der Waals surface area contributed by atoms with Crippen LogP contribution in [-0.2, 0) is 14.3 Å². The first-order chi connectivity index (χ1) is 14.3. The molecule has 0 bridgehead atoms. The third-order valence-corrected chi connectivity index (χ3v) is 9.08. The van der Waals surface area contributed by atoms with Crippen LogP contribution in [0.25, 0.3) is 0 Å². The van der Waals surface area contributed by atoms with Crippen molar-refractivity contribution in [2.45, 2.75) is 90.6 Å². The largest absolute Gasteiger partial charge is 0.381 e. The predicted molar refractivity (Wildman–Crippen MR) is 117 cm³/mol. The molecule has 0 aromatic heterocycles. The summed E-state index contributed by atoms with van der Waals surface area (Å²) in [5, 5.41) is 11.6. The molecule has 5 atom stereocenters. The zero-order valence-electron chi connectivity index (χ0n) is 19.0. The standard InChI is InChI=1S/C26H38O4/c1-4-5-6-15-30-17-23(28)26(29)14-11-22-20-8-7-18-16-19(27)9-12-24(18,2)21(20)10-13-25(22,26)3/h10,16,20,22,29H,4-9,11-15,17H2,1-3H3/t20?,22?,24-,25-,26-/m0/s1. The van der Waals surface area contributed by atoms with E-state index in [1.54, 1.807) is 0 Å². The molecule has 0 radical (unpaired) electrons. The fourth-order valence-electron chi connectivity index (χ4n) is 7.07. The van der Waals surface area contributed by atoms with Crippen molar-refractivity contribution in [2.75, 3.05) is 13.2 Å². The fraction of sp³-hybridized carbons (Fsp3) is 0.769. The lowest BCUT2D eigenvalue weighted by Gasteiger charge is -2.54. The molecule has 0 saturated heterocycles. The van der Waals surface area contributed by atoms with E-state index in [1.807, 2.05) is 6.08 Å². The Morgan fingerprint density at radius 2 is 2.00 bits per heavy atom. The number of carbonyl (C=O) groups is 2. The van der Waals surface area contributed by atoms with Crippen LogP contribution in [0, 0.1) is 22.7 Å². The van der Waals surface area contributed by atoms with Crippen LogP contribution < -0.4 is 0 Å². The summed E-state index contributed by atoms with van der Waals surface area (Å²) < 4.78 is 5.64. The molecule has 166 valence electrons. The van der Waals surface area contributed by atoms with Gasteiger partial charge in [-0.2, -0.15) is 0 Å². The van der Waals surface area contributed by atoms with Crippen LogP contribution in [0.4, 0.5) is 0 Å². The second-order valence-electron chi connectivity index (χ2n) is 10.6. The Balaban J connectivity index is 1.54. The zero-order valence-corrected chi connectivity index (χ0v) is 19.0. The molecular weight excluding hydrogens is 376 g/mol. The number of allylic oxidation sites excluding steroid dienone is 4. The molecule has 1 N–H and O–H groups in total. The molecule has 2 saturated carbocycles. The minimum Gasteiger partial charge on any atom is -0.381 e. The van der Waals surface area contributed by atoms with Crippen molar-refractivity contribution < 1.29 is 19.4 Å². The van der Waals surface area contributed by atoms with Gasteiger partial charge in [-0.15, -0.1) is 0 Å². The SMILES string of the molecule is CCCCCOCC(=O)[C@@]1(O)CCC2C3CCC4=CC(=O)CC[C@]4(C)C3=CC[C@@]21C. The summed E-state index contributed by atoms with van der Waals surface area (Å²) in [7, 11) is 0. The third-order valence-electron chi connectivity index (χ3n) is 9.08. The highest BCUT2D eigenvalue weighted by molar-refractivity contribution is 5.92. The highest BCUT2D eigenvalue weighted by Crippen LogP contribution is 2.65. The van der Waals surface area contributed by atoms with Crippen LogP contribution in [0.2, 0.25) is 0 Å². The van der Waals surface area contributed by atoms with Gasteiger partial charge in [-0.25, -0.2) is 0 Å². The van der Waals surface area contributed by atoms with E-state index in [-0.39, 0.29) is 23.6 Å². The van der Waals surface area contributed by atoms with Crippen LogP contribution in [-0.4, -0.2) is 35.5 Å². The minimum atomic E-state index is -1.29. The minimum absolute atomic E-state index is 0.00867. The first-order valence-electron chi connectivity index (χ1n) is 12.0. The molecule has 30 heavy (non-hydrogen) atoms. The monoisotopic (exact) mass is 414 g/mol. The molecule has 4 aliphatic carbocycles. The average Bonchev–Trinajstić information content (AvgIpc) is 3.00. The molecule has 0 aromatic rings. The Bertz CT molecular complexity index is 780. The Morgan fingerprint density at radius 3 is 2.77 bits per heavy atom. The van der Waals surface area contributed by atoms with Crippen molar-refractivity contribution in [3.63, 3.8) is 0 Å². The second kappa shape index (κ2) is 8.02. The topological polar surface area (TPSA) is 63.6 Å². The maximum atomic E-state index is 13.1. The van der Waals surface area contributed by atoms with Crippen molar-refractivity contribution in [2.24, 2.45) is 22.7 Å². The number of fused-ring (bicyclic) bond motifs is 5. The van der Waals surface area contributed by atoms with Gasteiger partial charge in [0, 0.05) is 23.9 Å². The lowest BCUT2D eigenvalue weighted by Crippen LogP contribution is -2.55. The molecule has 0 amide bonds. The number of rotatable bonds is 7. The van der Waals surface area contributed by atoms with Gasteiger partial charge in [-0.05, 0) is 62.9 Å². The molecule has 0 aliphatic heterocycles. The first kappa shape index (κ1) is 22.0. The second-order valence-corrected chi connectivity index (χ2v) is 10.6. The number of ketones is 2. The first-order valence-corrected chi connectivity index (χ1v) is 12.0. The molecule has 4 nitrogen and oxygen atoms in total. The molecule has 4 heteroatoms. The highest BCUT2D eigenvalue weighted by atomic mass is 16.5. The van der Waals surface area contributed by atoms with Crippen LogP contribution in [0.15, 0.2) is 23.3 Å². The predicted octanol–water partition coefficient (Wildman–Crippen LogP) is 4.95. The van der Waals surface area contributed by atoms with Crippen molar-refractivity contribution >= 4 is 11.6 Å². The van der Waals surface area contributed by atoms with Gasteiger partial charge in [-0.3, -0.25) is 9.59 Å². The molecule has 0 aromatic carbocycles. The molecular formula is C26H38O4. The van der Waals surface area contributed by atoms with Gasteiger partial charge < -0.3 is 9.84 Å². The molecule has 2 fully saturated rings. The number of aliphatic hydroxyl groups is 1. The quantitative estimate of drug-likeness (QED) is 0.473. The van der Waals surface area contributed by atoms with Crippen LogP contribution in [0.1, 0.15) is 85.0 Å². The van der Waals surface area contributed by atoms with E-state index in [4.69, 9.17) is 4.74 Å². The van der Waals surface area contributed by atoms with Crippen molar-refractivity contribution in [3.05, 3.63) is 23.3 Å². The van der Waals surface area contributed by atoms with Crippen LogP contribution in [0.3, 0.4) is 0 Å². The summed E-state index contributed by atoms with van der Waals surface area (Å²) in [6, 6.07) is 0. The van der Waals surface area contributed by atoms with E-state index in [1.165, 1.54) is 11.1 Å². The summed E-state index contributed by atoms with van der Waals surface area (Å²) in [6.45, 7) is 7.20. The summed E-state index contributed by atoms with van der Waals surface area (Å²) in [5.41, 5.74) is 1.06. The van der Waals surface area contributed by atoms with Gasteiger partial charge in [0.25, 0.3) is 0 Å². The van der Waals surface area contributed by atoms with E-state index in [0.717, 1.165) is 51.4 Å². The average molecular weight is 415 g/mol. The molecule has 4 aliphatic rings. The van der Waals surface area contributed by atoms with E-state index >= 15 is 0 Å². The smallest absolute Gasteiger partial charge is 0.190 e. The number of Topliss-reactive ketones (excluding diaryl/α,β-unsaturated/α-hetero) is 1. The number of hydrogen-bond donors (Lipinski definition) is 1. The van der Waals surface area contributed by atoms with Gasteiger partial charge in [-0.1, -0.05) is 50.8 Å². The van der Waals surface area contributed by atoms with E-state index in [9.17, 15) is 14.7 Å².